The first-order valence-corrected chi connectivity index (χ1v) is 25.1. The Hall–Kier alpha value is -2.44. The Labute approximate surface area is 356 Å². The fourth-order valence-electron chi connectivity index (χ4n) is 5.95. The predicted molar refractivity (Wildman–Crippen MR) is 219 cm³/mol. The number of nitrogens with zero attached hydrogens (tertiary/aromatic N) is 4. The van der Waals surface area contributed by atoms with E-state index in [2.05, 4.69) is 41.3 Å². The Morgan fingerprint density at radius 1 is 0.934 bits per heavy atom. The maximum absolute atomic E-state index is 12.7. The number of hydrogen-bond acceptors (Lipinski definition) is 18. The minimum Gasteiger partial charge on any atom is -0.386 e. The molecule has 61 heavy (non-hydrogen) atoms. The molecule has 2 aromatic rings. The molecule has 3 heterocycles. The van der Waals surface area contributed by atoms with Crippen molar-refractivity contribution in [1.82, 2.24) is 30.2 Å². The van der Waals surface area contributed by atoms with E-state index in [4.69, 9.17) is 19.5 Å². The molecule has 0 radical (unpaired) electrons. The zero-order chi connectivity index (χ0) is 45.4. The van der Waals surface area contributed by atoms with E-state index in [0.717, 1.165) is 48.2 Å². The number of nitrogens with two attached hydrogens (primary N) is 1. The molecular formula is C33H58N7O17P3S. The van der Waals surface area contributed by atoms with Crippen molar-refractivity contribution >= 4 is 69.1 Å². The summed E-state index contributed by atoms with van der Waals surface area (Å²) < 4.78 is 62.3. The van der Waals surface area contributed by atoms with Gasteiger partial charge >= 0.3 is 23.5 Å². The van der Waals surface area contributed by atoms with E-state index < -0.39 is 84.6 Å². The van der Waals surface area contributed by atoms with Gasteiger partial charge in [0.05, 0.1) is 19.5 Å². The molecule has 1 fully saturated rings. The number of phosphoric ester groups is 3. The summed E-state index contributed by atoms with van der Waals surface area (Å²) in [5.74, 6) is -1.02. The maximum atomic E-state index is 12.7. The second-order valence-corrected chi connectivity index (χ2v) is 20.3. The molecule has 0 aromatic carbocycles. The van der Waals surface area contributed by atoms with Gasteiger partial charge in [-0.1, -0.05) is 83.9 Å². The van der Waals surface area contributed by atoms with Crippen LogP contribution in [0.1, 0.15) is 97.6 Å². The van der Waals surface area contributed by atoms with Crippen LogP contribution >= 0.6 is 35.2 Å². The van der Waals surface area contributed by atoms with E-state index in [0.29, 0.717) is 12.2 Å². The number of fused-ring (bicyclic) bond motifs is 1. The molecule has 10 N–H and O–H groups in total. The van der Waals surface area contributed by atoms with Crippen LogP contribution in [0.25, 0.3) is 11.2 Å². The smallest absolute Gasteiger partial charge is 0.386 e. The first-order chi connectivity index (χ1) is 28.6. The minimum atomic E-state index is -5.57. The summed E-state index contributed by atoms with van der Waals surface area (Å²) in [6.45, 7) is 2.76. The van der Waals surface area contributed by atoms with Crippen molar-refractivity contribution in [1.29, 1.82) is 0 Å². The first-order valence-electron chi connectivity index (χ1n) is 19.6. The summed E-state index contributed by atoms with van der Waals surface area (Å²) in [6.07, 6.45) is 4.02. The average Bonchev–Trinajstić information content (AvgIpc) is 3.73. The number of ether oxygens (including phenoxy) is 1. The lowest BCUT2D eigenvalue weighted by atomic mass is 9.87. The molecule has 348 valence electrons. The standard InChI is InChI=1S/C33H58N7O17P3S/c1-4-5-6-7-8-9-10-11-12-13-24(42)61-17-16-35-23(41)14-15-36-31(45)28(44)33(2,3)19-54-60(51,52)57-59(49,50)53-18-22-27(56-58(46,47)48)26(43)32(55-22)40-21-39-25-29(34)37-20-38-30(25)40/h20-22,26-28,32,43-44H,4-19H2,1-3H3,(H,35,41)(H,36,45)(H,49,50)(H,51,52)(H2,34,37,38)(H2,46,47,48)/t22-,26?,27-,28?,32-/m1/s1. The normalized spacial score (nSPS) is 20.9. The van der Waals surface area contributed by atoms with E-state index in [9.17, 15) is 57.9 Å². The lowest BCUT2D eigenvalue weighted by Crippen LogP contribution is -2.46. The molecule has 2 amide bonds. The van der Waals surface area contributed by atoms with Crippen LogP contribution in [0, 0.1) is 5.41 Å². The third-order valence-electron chi connectivity index (χ3n) is 9.25. The number of imidazole rings is 1. The molecule has 1 aliphatic heterocycles. The lowest BCUT2D eigenvalue weighted by molar-refractivity contribution is -0.137. The van der Waals surface area contributed by atoms with Crippen LogP contribution in [0.3, 0.4) is 0 Å². The second kappa shape index (κ2) is 24.6. The quantitative estimate of drug-likeness (QED) is 0.0418. The van der Waals surface area contributed by atoms with Crippen molar-refractivity contribution in [3.8, 4) is 0 Å². The Morgan fingerprint density at radius 3 is 2.23 bits per heavy atom. The lowest BCUT2D eigenvalue weighted by Gasteiger charge is -2.30. The highest BCUT2D eigenvalue weighted by atomic mass is 32.2. The van der Waals surface area contributed by atoms with Gasteiger partial charge in [0.2, 0.25) is 11.8 Å². The minimum absolute atomic E-state index is 0.0332. The van der Waals surface area contributed by atoms with Crippen LogP contribution in [0.2, 0.25) is 0 Å². The summed E-state index contributed by atoms with van der Waals surface area (Å²) in [5.41, 5.74) is 4.28. The van der Waals surface area contributed by atoms with Gasteiger partial charge in [0.15, 0.2) is 22.8 Å². The summed E-state index contributed by atoms with van der Waals surface area (Å²) in [4.78, 5) is 88.0. The van der Waals surface area contributed by atoms with E-state index in [-0.39, 0.29) is 41.6 Å². The van der Waals surface area contributed by atoms with Gasteiger partial charge in [0.1, 0.15) is 36.3 Å². The van der Waals surface area contributed by atoms with Gasteiger partial charge in [-0.2, -0.15) is 4.31 Å². The summed E-state index contributed by atoms with van der Waals surface area (Å²) in [5, 5.41) is 26.6. The van der Waals surface area contributed by atoms with Crippen LogP contribution < -0.4 is 16.4 Å². The van der Waals surface area contributed by atoms with Gasteiger partial charge in [0, 0.05) is 37.1 Å². The number of nitrogens with one attached hydrogen (secondary N) is 2. The monoisotopic (exact) mass is 949 g/mol. The predicted octanol–water partition coefficient (Wildman–Crippen LogP) is 2.59. The van der Waals surface area contributed by atoms with Crippen molar-refractivity contribution < 1.29 is 80.5 Å². The molecule has 0 spiro atoms. The second-order valence-electron chi connectivity index (χ2n) is 14.9. The summed E-state index contributed by atoms with van der Waals surface area (Å²) in [7, 11) is -16.4. The summed E-state index contributed by atoms with van der Waals surface area (Å²) in [6, 6.07) is 0. The molecular weight excluding hydrogens is 891 g/mol. The zero-order valence-corrected chi connectivity index (χ0v) is 37.6. The average molecular weight is 950 g/mol. The zero-order valence-electron chi connectivity index (χ0n) is 34.1. The fourth-order valence-corrected chi connectivity index (χ4v) is 9.50. The molecule has 0 bridgehead atoms. The summed E-state index contributed by atoms with van der Waals surface area (Å²) >= 11 is 1.15. The van der Waals surface area contributed by atoms with Gasteiger partial charge in [0.25, 0.3) is 0 Å². The van der Waals surface area contributed by atoms with Crippen LogP contribution in [-0.2, 0) is 50.7 Å². The fraction of sp³-hybridized carbons (Fsp3) is 0.758. The number of phosphoric acid groups is 3. The van der Waals surface area contributed by atoms with E-state index in [1.165, 1.54) is 52.4 Å². The molecule has 24 nitrogen and oxygen atoms in total. The molecule has 0 aliphatic carbocycles. The highest BCUT2D eigenvalue weighted by molar-refractivity contribution is 8.13. The van der Waals surface area contributed by atoms with Crippen LogP contribution in [0.4, 0.5) is 5.82 Å². The number of aliphatic hydroxyl groups excluding tert-OH is 2. The number of nitrogen functional groups attached to an aromatic ring is 1. The number of aromatic nitrogens is 4. The molecule has 4 unspecified atom stereocenters. The number of aliphatic hydroxyl groups is 2. The Morgan fingerprint density at radius 2 is 1.57 bits per heavy atom. The van der Waals surface area contributed by atoms with Gasteiger partial charge in [-0.25, -0.2) is 28.6 Å². The van der Waals surface area contributed by atoms with Gasteiger partial charge < -0.3 is 50.9 Å². The number of carbonyl (C=O) groups is 3. The van der Waals surface area contributed by atoms with E-state index in [1.54, 1.807) is 0 Å². The third kappa shape index (κ3) is 18.3. The SMILES string of the molecule is CCCCCCCCCCCC(=O)SCCNC(=O)CCNC(=O)C(O)C(C)(C)COP(=O)(O)OP(=O)(O)OC[C@H]1O[C@@H](n2cnc3c(N)ncnc32)C(O)[C@@H]1OP(=O)(O)O. The van der Waals surface area contributed by atoms with Crippen molar-refractivity contribution in [3.05, 3.63) is 12.7 Å². The van der Waals surface area contributed by atoms with Gasteiger partial charge in [-0.05, 0) is 6.42 Å². The molecule has 2 aromatic heterocycles. The molecule has 28 heteroatoms. The topological polar surface area (TPSA) is 364 Å². The largest absolute Gasteiger partial charge is 0.481 e. The van der Waals surface area contributed by atoms with Crippen LogP contribution in [0.15, 0.2) is 12.7 Å². The van der Waals surface area contributed by atoms with E-state index in [1.807, 2.05) is 0 Å². The first kappa shape index (κ1) is 52.9. The van der Waals surface area contributed by atoms with Crippen molar-refractivity contribution in [2.75, 3.05) is 37.8 Å². The maximum Gasteiger partial charge on any atom is 0.481 e. The van der Waals surface area contributed by atoms with Crippen LogP contribution in [-0.4, -0.2) is 123 Å². The van der Waals surface area contributed by atoms with E-state index >= 15 is 0 Å². The van der Waals surface area contributed by atoms with Gasteiger partial charge in [-0.15, -0.1) is 0 Å². The Balaban J connectivity index is 1.38. The number of unbranched alkanes of at least 4 members (excludes halogenated alkanes) is 8. The van der Waals surface area contributed by atoms with Gasteiger partial charge in [-0.3, -0.25) is 32.5 Å². The molecule has 1 aliphatic rings. The number of hydrogen-bond donors (Lipinski definition) is 9. The van der Waals surface area contributed by atoms with Crippen LogP contribution in [0.5, 0.6) is 0 Å². The van der Waals surface area contributed by atoms with Crippen molar-refractivity contribution in [3.63, 3.8) is 0 Å². The van der Waals surface area contributed by atoms with Crippen molar-refractivity contribution in [2.24, 2.45) is 5.41 Å². The Kier molecular flexibility index (Phi) is 21.3. The number of rotatable bonds is 29. The number of thioether (sulfide) groups is 1. The number of amides is 2. The Bertz CT molecular complexity index is 1890. The molecule has 0 saturated carbocycles. The number of carbonyl (C=O) groups excluding carboxylic acids is 3. The molecule has 7 atom stereocenters. The highest BCUT2D eigenvalue weighted by Gasteiger charge is 2.50. The highest BCUT2D eigenvalue weighted by Crippen LogP contribution is 2.61. The molecule has 3 rings (SSSR count). The van der Waals surface area contributed by atoms with Crippen molar-refractivity contribution in [2.45, 2.75) is 122 Å². The third-order valence-corrected chi connectivity index (χ3v) is 13.3. The molecule has 1 saturated heterocycles. The number of anilines is 1.